The summed E-state index contributed by atoms with van der Waals surface area (Å²) in [7, 11) is 1.97. The minimum atomic E-state index is 0.204. The van der Waals surface area contributed by atoms with Gasteiger partial charge in [-0.25, -0.2) is 4.98 Å². The molecule has 0 aliphatic heterocycles. The molecule has 2 aromatic heterocycles. The average molecular weight is 269 g/mol. The van der Waals surface area contributed by atoms with E-state index in [0.717, 1.165) is 23.1 Å². The third kappa shape index (κ3) is 2.64. The van der Waals surface area contributed by atoms with Crippen LogP contribution in [0, 0.1) is 0 Å². The van der Waals surface area contributed by atoms with Gasteiger partial charge in [-0.05, 0) is 30.6 Å². The van der Waals surface area contributed by atoms with Crippen molar-refractivity contribution < 1.29 is 0 Å². The van der Waals surface area contributed by atoms with E-state index in [1.54, 1.807) is 11.3 Å². The second kappa shape index (κ2) is 5.47. The minimum absolute atomic E-state index is 0.204. The van der Waals surface area contributed by atoms with Crippen LogP contribution in [-0.4, -0.2) is 17.0 Å². The van der Waals surface area contributed by atoms with Crippen LogP contribution in [0.5, 0.6) is 0 Å². The highest BCUT2D eigenvalue weighted by molar-refractivity contribution is 7.09. The maximum atomic E-state index is 4.71. The SMILES string of the molecule is CNC(Cc1cccs1)c1cnc2ccccc2n1. The highest BCUT2D eigenvalue weighted by Gasteiger charge is 2.13. The molecule has 1 unspecified atom stereocenters. The molecule has 3 aromatic rings. The van der Waals surface area contributed by atoms with E-state index in [1.807, 2.05) is 37.5 Å². The molecule has 1 N–H and O–H groups in total. The molecule has 96 valence electrons. The van der Waals surface area contributed by atoms with Crippen LogP contribution < -0.4 is 5.32 Å². The van der Waals surface area contributed by atoms with Crippen molar-refractivity contribution in [3.05, 3.63) is 58.5 Å². The van der Waals surface area contributed by atoms with Gasteiger partial charge in [0.2, 0.25) is 0 Å². The van der Waals surface area contributed by atoms with Crippen LogP contribution in [0.4, 0.5) is 0 Å². The zero-order chi connectivity index (χ0) is 13.1. The van der Waals surface area contributed by atoms with Gasteiger partial charge in [-0.3, -0.25) is 4.98 Å². The summed E-state index contributed by atoms with van der Waals surface area (Å²) in [6, 6.07) is 12.4. The Morgan fingerprint density at radius 2 is 2.00 bits per heavy atom. The third-order valence-electron chi connectivity index (χ3n) is 3.16. The highest BCUT2D eigenvalue weighted by atomic mass is 32.1. The van der Waals surface area contributed by atoms with E-state index in [9.17, 15) is 0 Å². The number of nitrogens with one attached hydrogen (secondary N) is 1. The zero-order valence-electron chi connectivity index (χ0n) is 10.7. The molecule has 0 radical (unpaired) electrons. The number of aromatic nitrogens is 2. The van der Waals surface area contributed by atoms with Crippen molar-refractivity contribution in [2.24, 2.45) is 0 Å². The molecule has 3 nitrogen and oxygen atoms in total. The topological polar surface area (TPSA) is 37.8 Å². The monoisotopic (exact) mass is 269 g/mol. The van der Waals surface area contributed by atoms with Gasteiger partial charge >= 0.3 is 0 Å². The van der Waals surface area contributed by atoms with Gasteiger partial charge in [0.05, 0.1) is 29.0 Å². The van der Waals surface area contributed by atoms with Gasteiger partial charge in [0.15, 0.2) is 0 Å². The Morgan fingerprint density at radius 3 is 2.74 bits per heavy atom. The van der Waals surface area contributed by atoms with Crippen LogP contribution in [0.25, 0.3) is 11.0 Å². The average Bonchev–Trinajstić information content (AvgIpc) is 2.97. The molecule has 0 aliphatic rings. The van der Waals surface area contributed by atoms with Crippen molar-refractivity contribution >= 4 is 22.4 Å². The van der Waals surface area contributed by atoms with Gasteiger partial charge in [0, 0.05) is 11.3 Å². The van der Waals surface area contributed by atoms with Gasteiger partial charge in [-0.2, -0.15) is 0 Å². The molecule has 0 saturated carbocycles. The molecular weight excluding hydrogens is 254 g/mol. The lowest BCUT2D eigenvalue weighted by atomic mass is 10.1. The standard InChI is InChI=1S/C15H15N3S/c1-16-14(9-11-5-4-8-19-11)15-10-17-12-6-2-3-7-13(12)18-15/h2-8,10,14,16H,9H2,1H3. The van der Waals surface area contributed by atoms with E-state index >= 15 is 0 Å². The number of benzene rings is 1. The molecule has 0 aliphatic carbocycles. The molecule has 2 heterocycles. The van der Waals surface area contributed by atoms with Crippen LogP contribution in [-0.2, 0) is 6.42 Å². The molecule has 19 heavy (non-hydrogen) atoms. The fraction of sp³-hybridized carbons (Fsp3) is 0.200. The van der Waals surface area contributed by atoms with Crippen LogP contribution >= 0.6 is 11.3 Å². The lowest BCUT2D eigenvalue weighted by Crippen LogP contribution is -2.19. The first-order valence-electron chi connectivity index (χ1n) is 6.28. The predicted molar refractivity (Wildman–Crippen MR) is 79.4 cm³/mol. The molecule has 0 amide bonds. The lowest BCUT2D eigenvalue weighted by Gasteiger charge is -2.14. The molecule has 0 spiro atoms. The molecule has 0 fully saturated rings. The van der Waals surface area contributed by atoms with Gasteiger partial charge < -0.3 is 5.32 Å². The summed E-state index contributed by atoms with van der Waals surface area (Å²) in [6.07, 6.45) is 2.82. The number of nitrogens with zero attached hydrogens (tertiary/aromatic N) is 2. The second-order valence-electron chi connectivity index (χ2n) is 4.41. The summed E-state index contributed by atoms with van der Waals surface area (Å²) in [6.45, 7) is 0. The number of rotatable bonds is 4. The first kappa shape index (κ1) is 12.3. The second-order valence-corrected chi connectivity index (χ2v) is 5.44. The number of hydrogen-bond acceptors (Lipinski definition) is 4. The molecule has 4 heteroatoms. The summed E-state index contributed by atoms with van der Waals surface area (Å²) in [4.78, 5) is 10.5. The molecule has 1 aromatic carbocycles. The van der Waals surface area contributed by atoms with Crippen molar-refractivity contribution in [1.29, 1.82) is 0 Å². The maximum absolute atomic E-state index is 4.71. The van der Waals surface area contributed by atoms with Gasteiger partial charge in [-0.15, -0.1) is 11.3 Å². The normalized spacial score (nSPS) is 12.7. The Hall–Kier alpha value is -1.78. The first-order chi connectivity index (χ1) is 9.36. The van der Waals surface area contributed by atoms with E-state index in [2.05, 4.69) is 27.8 Å². The molecule has 0 saturated heterocycles. The van der Waals surface area contributed by atoms with E-state index in [4.69, 9.17) is 4.98 Å². The summed E-state index contributed by atoms with van der Waals surface area (Å²) >= 11 is 1.78. The predicted octanol–water partition coefficient (Wildman–Crippen LogP) is 3.19. The Morgan fingerprint density at radius 1 is 1.16 bits per heavy atom. The Balaban J connectivity index is 1.92. The van der Waals surface area contributed by atoms with Crippen LogP contribution in [0.1, 0.15) is 16.6 Å². The van der Waals surface area contributed by atoms with Gasteiger partial charge in [-0.1, -0.05) is 18.2 Å². The fourth-order valence-electron chi connectivity index (χ4n) is 2.12. The Bertz CT molecular complexity index is 664. The minimum Gasteiger partial charge on any atom is -0.311 e. The smallest absolute Gasteiger partial charge is 0.0890 e. The zero-order valence-corrected chi connectivity index (χ0v) is 11.5. The van der Waals surface area contributed by atoms with Crippen molar-refractivity contribution in [2.75, 3.05) is 7.05 Å². The molecule has 1 atom stereocenters. The van der Waals surface area contributed by atoms with Crippen molar-refractivity contribution in [3.8, 4) is 0 Å². The number of thiophene rings is 1. The number of para-hydroxylation sites is 2. The summed E-state index contributed by atoms with van der Waals surface area (Å²) in [5.41, 5.74) is 2.89. The van der Waals surface area contributed by atoms with E-state index in [-0.39, 0.29) is 6.04 Å². The third-order valence-corrected chi connectivity index (χ3v) is 4.06. The van der Waals surface area contributed by atoms with Crippen LogP contribution in [0.15, 0.2) is 48.0 Å². The van der Waals surface area contributed by atoms with E-state index in [1.165, 1.54) is 4.88 Å². The Labute approximate surface area is 116 Å². The number of fused-ring (bicyclic) bond motifs is 1. The first-order valence-corrected chi connectivity index (χ1v) is 7.16. The summed E-state index contributed by atoms with van der Waals surface area (Å²) in [5.74, 6) is 0. The maximum Gasteiger partial charge on any atom is 0.0890 e. The van der Waals surface area contributed by atoms with Gasteiger partial charge in [0.25, 0.3) is 0 Å². The summed E-state index contributed by atoms with van der Waals surface area (Å²) < 4.78 is 0. The van der Waals surface area contributed by atoms with Gasteiger partial charge in [0.1, 0.15) is 0 Å². The van der Waals surface area contributed by atoms with E-state index in [0.29, 0.717) is 0 Å². The van der Waals surface area contributed by atoms with Crippen LogP contribution in [0.2, 0.25) is 0 Å². The number of hydrogen-bond donors (Lipinski definition) is 1. The lowest BCUT2D eigenvalue weighted by molar-refractivity contribution is 0.580. The molecular formula is C15H15N3S. The van der Waals surface area contributed by atoms with Crippen LogP contribution in [0.3, 0.4) is 0 Å². The molecule has 0 bridgehead atoms. The fourth-order valence-corrected chi connectivity index (χ4v) is 2.88. The molecule has 3 rings (SSSR count). The van der Waals surface area contributed by atoms with Crippen molar-refractivity contribution in [3.63, 3.8) is 0 Å². The largest absolute Gasteiger partial charge is 0.311 e. The number of likely N-dealkylation sites (N-methyl/N-ethyl adjacent to an activating group) is 1. The van der Waals surface area contributed by atoms with E-state index < -0.39 is 0 Å². The highest BCUT2D eigenvalue weighted by Crippen LogP contribution is 2.20. The van der Waals surface area contributed by atoms with Crippen molar-refractivity contribution in [1.82, 2.24) is 15.3 Å². The quantitative estimate of drug-likeness (QED) is 0.790. The van der Waals surface area contributed by atoms with Crippen molar-refractivity contribution in [2.45, 2.75) is 12.5 Å². The summed E-state index contributed by atoms with van der Waals surface area (Å²) in [5, 5.41) is 5.43. The Kier molecular flexibility index (Phi) is 3.53.